The Morgan fingerprint density at radius 3 is 2.20 bits per heavy atom. The number of rotatable bonds is 2. The number of carbonyl (C=O) groups excluding carboxylic acids is 1. The molecule has 0 spiro atoms. The fraction of sp³-hybridized carbons (Fsp3) is 0.417. The van der Waals surface area contributed by atoms with Crippen LogP contribution in [0.3, 0.4) is 0 Å². The van der Waals surface area contributed by atoms with Crippen molar-refractivity contribution in [3.8, 4) is 0 Å². The molecule has 1 rings (SSSR count). The van der Waals surface area contributed by atoms with Gasteiger partial charge in [0.2, 0.25) is 5.91 Å². The molecule has 0 saturated carbocycles. The lowest BCUT2D eigenvalue weighted by molar-refractivity contribution is -0.119. The van der Waals surface area contributed by atoms with Gasteiger partial charge >= 0.3 is 0 Å². The molecule has 0 bridgehead atoms. The fourth-order valence-corrected chi connectivity index (χ4v) is 1.62. The van der Waals surface area contributed by atoms with E-state index in [1.54, 1.807) is 26.0 Å². The minimum absolute atomic E-state index is 0.0814. The highest BCUT2D eigenvalue weighted by Crippen LogP contribution is 2.19. The third-order valence-electron chi connectivity index (χ3n) is 2.38. The molecule has 82 valence electrons. The largest absolute Gasteiger partial charge is 0.350 e. The van der Waals surface area contributed by atoms with Crippen LogP contribution >= 0.6 is 0 Å². The van der Waals surface area contributed by atoms with Crippen LogP contribution in [0.5, 0.6) is 0 Å². The van der Waals surface area contributed by atoms with Crippen molar-refractivity contribution < 1.29 is 9.18 Å². The molecule has 0 aromatic heterocycles. The Morgan fingerprint density at radius 1 is 1.33 bits per heavy atom. The lowest BCUT2D eigenvalue weighted by Gasteiger charge is -2.15. The van der Waals surface area contributed by atoms with Crippen LogP contribution in [0.2, 0.25) is 0 Å². The predicted molar refractivity (Wildman–Crippen MR) is 58.1 cm³/mol. The number of halogens is 1. The number of benzene rings is 1. The topological polar surface area (TPSA) is 29.1 Å². The Hall–Kier alpha value is -1.38. The summed E-state index contributed by atoms with van der Waals surface area (Å²) < 4.78 is 13.3. The Balaban J connectivity index is 3.00. The maximum atomic E-state index is 13.3. The van der Waals surface area contributed by atoms with Crippen molar-refractivity contribution in [3.05, 3.63) is 34.6 Å². The highest BCUT2D eigenvalue weighted by atomic mass is 19.1. The minimum Gasteiger partial charge on any atom is -0.350 e. The van der Waals surface area contributed by atoms with Gasteiger partial charge in [-0.3, -0.25) is 4.79 Å². The number of hydrogen-bond acceptors (Lipinski definition) is 1. The Bertz CT molecular complexity index is 364. The molecule has 0 radical (unpaired) electrons. The highest BCUT2D eigenvalue weighted by molar-refractivity contribution is 5.73. The van der Waals surface area contributed by atoms with Crippen LogP contribution in [0, 0.1) is 19.7 Å². The summed E-state index contributed by atoms with van der Waals surface area (Å²) in [7, 11) is 0. The number of aryl methyl sites for hydroxylation is 2. The van der Waals surface area contributed by atoms with E-state index in [0.29, 0.717) is 11.1 Å². The number of nitrogens with one attached hydrogen (secondary N) is 1. The van der Waals surface area contributed by atoms with Crippen LogP contribution in [-0.2, 0) is 4.79 Å². The summed E-state index contributed by atoms with van der Waals surface area (Å²) in [6.07, 6.45) is 0. The van der Waals surface area contributed by atoms with Crippen LogP contribution in [0.1, 0.15) is 36.6 Å². The first-order valence-electron chi connectivity index (χ1n) is 4.95. The van der Waals surface area contributed by atoms with Gasteiger partial charge in [0.1, 0.15) is 5.82 Å². The molecule has 15 heavy (non-hydrogen) atoms. The highest BCUT2D eigenvalue weighted by Gasteiger charge is 2.10. The van der Waals surface area contributed by atoms with Crippen molar-refractivity contribution in [1.29, 1.82) is 0 Å². The maximum Gasteiger partial charge on any atom is 0.217 e. The van der Waals surface area contributed by atoms with Crippen molar-refractivity contribution >= 4 is 5.91 Å². The standard InChI is InChI=1S/C12H16FNO/c1-7-5-11(6-8(2)12(7)13)9(3)14-10(4)15/h5-6,9H,1-4H3,(H,14,15)/t9-/m0/s1. The molecule has 1 aromatic carbocycles. The molecule has 0 aliphatic rings. The van der Waals surface area contributed by atoms with Crippen molar-refractivity contribution in [2.24, 2.45) is 0 Å². The van der Waals surface area contributed by atoms with E-state index in [1.807, 2.05) is 6.92 Å². The van der Waals surface area contributed by atoms with Gasteiger partial charge in [-0.1, -0.05) is 12.1 Å². The average molecular weight is 209 g/mol. The molecule has 2 nitrogen and oxygen atoms in total. The van der Waals surface area contributed by atoms with Crippen molar-refractivity contribution in [3.63, 3.8) is 0 Å². The van der Waals surface area contributed by atoms with Crippen LogP contribution in [-0.4, -0.2) is 5.91 Å². The van der Waals surface area contributed by atoms with Crippen LogP contribution in [0.4, 0.5) is 4.39 Å². The van der Waals surface area contributed by atoms with Crippen LogP contribution in [0.25, 0.3) is 0 Å². The van der Waals surface area contributed by atoms with E-state index in [0.717, 1.165) is 5.56 Å². The number of amides is 1. The lowest BCUT2D eigenvalue weighted by Crippen LogP contribution is -2.23. The molecule has 0 fully saturated rings. The third-order valence-corrected chi connectivity index (χ3v) is 2.38. The van der Waals surface area contributed by atoms with E-state index in [1.165, 1.54) is 6.92 Å². The van der Waals surface area contributed by atoms with E-state index < -0.39 is 0 Å². The molecule has 0 aliphatic heterocycles. The molecule has 1 aromatic rings. The normalized spacial score (nSPS) is 12.3. The van der Waals surface area contributed by atoms with Crippen molar-refractivity contribution in [1.82, 2.24) is 5.32 Å². The zero-order valence-electron chi connectivity index (χ0n) is 9.52. The minimum atomic E-state index is -0.172. The molecule has 0 aliphatic carbocycles. The second-order valence-corrected chi connectivity index (χ2v) is 3.89. The quantitative estimate of drug-likeness (QED) is 0.797. The van der Waals surface area contributed by atoms with Crippen molar-refractivity contribution in [2.75, 3.05) is 0 Å². The average Bonchev–Trinajstić information content (AvgIpc) is 2.12. The molecule has 0 saturated heterocycles. The monoisotopic (exact) mass is 209 g/mol. The van der Waals surface area contributed by atoms with Crippen LogP contribution < -0.4 is 5.32 Å². The molecular weight excluding hydrogens is 193 g/mol. The first-order chi connectivity index (χ1) is 6.91. The molecule has 1 N–H and O–H groups in total. The number of carbonyl (C=O) groups is 1. The van der Waals surface area contributed by atoms with Gasteiger partial charge in [-0.2, -0.15) is 0 Å². The SMILES string of the molecule is CC(=O)N[C@@H](C)c1cc(C)c(F)c(C)c1. The van der Waals surface area contributed by atoms with Gasteiger partial charge in [0.05, 0.1) is 6.04 Å². The summed E-state index contributed by atoms with van der Waals surface area (Å²) in [5, 5.41) is 2.77. The van der Waals surface area contributed by atoms with Gasteiger partial charge in [0, 0.05) is 6.92 Å². The summed E-state index contributed by atoms with van der Waals surface area (Å²) >= 11 is 0. The van der Waals surface area contributed by atoms with E-state index in [2.05, 4.69) is 5.32 Å². The summed E-state index contributed by atoms with van der Waals surface area (Å²) in [6, 6.07) is 3.45. The Labute approximate surface area is 89.5 Å². The summed E-state index contributed by atoms with van der Waals surface area (Å²) in [4.78, 5) is 10.9. The summed E-state index contributed by atoms with van der Waals surface area (Å²) in [6.45, 7) is 6.81. The Kier molecular flexibility index (Phi) is 3.45. The van der Waals surface area contributed by atoms with Gasteiger partial charge < -0.3 is 5.32 Å². The third kappa shape index (κ3) is 2.78. The van der Waals surface area contributed by atoms with Gasteiger partial charge in [0.15, 0.2) is 0 Å². The van der Waals surface area contributed by atoms with Gasteiger partial charge in [-0.25, -0.2) is 4.39 Å². The Morgan fingerprint density at radius 2 is 1.80 bits per heavy atom. The molecule has 0 heterocycles. The maximum absolute atomic E-state index is 13.3. The second kappa shape index (κ2) is 4.43. The molecule has 0 unspecified atom stereocenters. The molecule has 1 atom stereocenters. The first kappa shape index (κ1) is 11.7. The summed E-state index contributed by atoms with van der Waals surface area (Å²) in [5.74, 6) is -0.254. The predicted octanol–water partition coefficient (Wildman–Crippen LogP) is 2.64. The van der Waals surface area contributed by atoms with E-state index in [9.17, 15) is 9.18 Å². The van der Waals surface area contributed by atoms with E-state index in [4.69, 9.17) is 0 Å². The zero-order valence-corrected chi connectivity index (χ0v) is 9.52. The number of hydrogen-bond donors (Lipinski definition) is 1. The van der Waals surface area contributed by atoms with E-state index in [-0.39, 0.29) is 17.8 Å². The van der Waals surface area contributed by atoms with Gasteiger partial charge in [0.25, 0.3) is 0 Å². The van der Waals surface area contributed by atoms with Gasteiger partial charge in [-0.05, 0) is 37.5 Å². The second-order valence-electron chi connectivity index (χ2n) is 3.89. The lowest BCUT2D eigenvalue weighted by atomic mass is 10.0. The smallest absolute Gasteiger partial charge is 0.217 e. The first-order valence-corrected chi connectivity index (χ1v) is 4.95. The van der Waals surface area contributed by atoms with Gasteiger partial charge in [-0.15, -0.1) is 0 Å². The van der Waals surface area contributed by atoms with Crippen LogP contribution in [0.15, 0.2) is 12.1 Å². The molecular formula is C12H16FNO. The molecule has 3 heteroatoms. The zero-order chi connectivity index (χ0) is 11.6. The molecule has 1 amide bonds. The summed E-state index contributed by atoms with van der Waals surface area (Å²) in [5.41, 5.74) is 2.16. The fourth-order valence-electron chi connectivity index (χ4n) is 1.62. The van der Waals surface area contributed by atoms with E-state index >= 15 is 0 Å². The van der Waals surface area contributed by atoms with Crippen molar-refractivity contribution in [2.45, 2.75) is 33.7 Å².